The number of ether oxygens (including phenoxy) is 1. The number of hydrogen-bond acceptors (Lipinski definition) is 4. The van der Waals surface area contributed by atoms with E-state index in [2.05, 4.69) is 10.3 Å². The highest BCUT2D eigenvalue weighted by Crippen LogP contribution is 2.30. The van der Waals surface area contributed by atoms with Crippen molar-refractivity contribution < 1.29 is 23.4 Å². The molecule has 0 unspecified atom stereocenters. The van der Waals surface area contributed by atoms with E-state index in [1.807, 2.05) is 0 Å². The van der Waals surface area contributed by atoms with E-state index >= 15 is 0 Å². The van der Waals surface area contributed by atoms with Crippen molar-refractivity contribution in [2.24, 2.45) is 4.99 Å². The van der Waals surface area contributed by atoms with Gasteiger partial charge >= 0.3 is 0 Å². The third kappa shape index (κ3) is 4.07. The number of carbonyl (C=O) groups excluding carboxylic acids is 1. The monoisotopic (exact) mass is 334 g/mol. The molecule has 0 fully saturated rings. The number of rotatable bonds is 5. The lowest BCUT2D eigenvalue weighted by atomic mass is 10.2. The molecule has 0 aliphatic heterocycles. The average molecular weight is 334 g/mol. The van der Waals surface area contributed by atoms with E-state index in [0.29, 0.717) is 18.2 Å². The number of benzene rings is 2. The van der Waals surface area contributed by atoms with Crippen LogP contribution >= 0.6 is 0 Å². The summed E-state index contributed by atoms with van der Waals surface area (Å²) < 4.78 is 32.7. The van der Waals surface area contributed by atoms with Crippen molar-refractivity contribution in [2.45, 2.75) is 13.8 Å². The van der Waals surface area contributed by atoms with Crippen molar-refractivity contribution in [3.05, 3.63) is 47.5 Å². The first-order valence-electron chi connectivity index (χ1n) is 7.17. The van der Waals surface area contributed by atoms with Gasteiger partial charge in [0.2, 0.25) is 5.91 Å². The molecule has 0 saturated carbocycles. The van der Waals surface area contributed by atoms with E-state index < -0.39 is 17.5 Å². The Hall–Kier alpha value is -2.96. The maximum Gasteiger partial charge on any atom is 0.221 e. The van der Waals surface area contributed by atoms with Gasteiger partial charge in [-0.3, -0.25) is 9.79 Å². The standard InChI is InChI=1S/C17H16F2N2O3/c1-3-24-16-6-4-5-11(17(16)23)9-20-14-8-15(21-10(2)22)13(19)7-12(14)18/h4-9,23H,3H2,1-2H3,(H,21,22). The molecule has 0 saturated heterocycles. The van der Waals surface area contributed by atoms with Gasteiger partial charge in [0.1, 0.15) is 11.5 Å². The second-order valence-electron chi connectivity index (χ2n) is 4.85. The molecule has 0 aromatic heterocycles. The molecule has 0 bridgehead atoms. The fraction of sp³-hybridized carbons (Fsp3) is 0.176. The van der Waals surface area contributed by atoms with Crippen molar-refractivity contribution in [1.29, 1.82) is 0 Å². The van der Waals surface area contributed by atoms with Crippen molar-refractivity contribution in [3.8, 4) is 11.5 Å². The molecular formula is C17H16F2N2O3. The van der Waals surface area contributed by atoms with Crippen molar-refractivity contribution in [3.63, 3.8) is 0 Å². The Labute approximate surface area is 137 Å². The zero-order valence-corrected chi connectivity index (χ0v) is 13.1. The predicted molar refractivity (Wildman–Crippen MR) is 87.2 cm³/mol. The Balaban J connectivity index is 2.35. The molecule has 2 rings (SSSR count). The summed E-state index contributed by atoms with van der Waals surface area (Å²) in [5, 5.41) is 12.3. The molecule has 0 atom stereocenters. The number of carbonyl (C=O) groups is 1. The number of nitrogens with zero attached hydrogens (tertiary/aromatic N) is 1. The number of nitrogens with one attached hydrogen (secondary N) is 1. The second kappa shape index (κ2) is 7.54. The summed E-state index contributed by atoms with van der Waals surface area (Å²) in [4.78, 5) is 14.9. The SMILES string of the molecule is CCOc1cccc(C=Nc2cc(NC(C)=O)c(F)cc2F)c1O. The third-order valence-corrected chi connectivity index (χ3v) is 3.02. The number of phenolic OH excluding ortho intramolecular Hbond substituents is 1. The minimum absolute atomic E-state index is 0.132. The highest BCUT2D eigenvalue weighted by Gasteiger charge is 2.11. The van der Waals surface area contributed by atoms with Crippen LogP contribution in [0.5, 0.6) is 11.5 Å². The molecule has 24 heavy (non-hydrogen) atoms. The summed E-state index contributed by atoms with van der Waals surface area (Å²) >= 11 is 0. The molecule has 0 radical (unpaired) electrons. The zero-order chi connectivity index (χ0) is 17.7. The maximum absolute atomic E-state index is 13.8. The number of phenols is 1. The van der Waals surface area contributed by atoms with Crippen LogP contribution in [0.1, 0.15) is 19.4 Å². The molecule has 2 aromatic carbocycles. The molecule has 7 heteroatoms. The first-order chi connectivity index (χ1) is 11.4. The normalized spacial score (nSPS) is 10.8. The quantitative estimate of drug-likeness (QED) is 0.818. The van der Waals surface area contributed by atoms with Gasteiger partial charge in [0.25, 0.3) is 0 Å². The van der Waals surface area contributed by atoms with Crippen LogP contribution in [0.4, 0.5) is 20.2 Å². The highest BCUT2D eigenvalue weighted by molar-refractivity contribution is 5.90. The summed E-state index contributed by atoms with van der Waals surface area (Å²) in [6.45, 7) is 3.36. The molecule has 2 aromatic rings. The number of aromatic hydroxyl groups is 1. The summed E-state index contributed by atoms with van der Waals surface area (Å²) in [7, 11) is 0. The number of amides is 1. The van der Waals surface area contributed by atoms with Crippen LogP contribution in [-0.4, -0.2) is 23.8 Å². The van der Waals surface area contributed by atoms with E-state index in [9.17, 15) is 18.7 Å². The van der Waals surface area contributed by atoms with Crippen LogP contribution < -0.4 is 10.1 Å². The lowest BCUT2D eigenvalue weighted by Crippen LogP contribution is -2.07. The molecule has 0 aliphatic rings. The van der Waals surface area contributed by atoms with E-state index in [-0.39, 0.29) is 22.9 Å². The lowest BCUT2D eigenvalue weighted by molar-refractivity contribution is -0.114. The average Bonchev–Trinajstić information content (AvgIpc) is 2.51. The lowest BCUT2D eigenvalue weighted by Gasteiger charge is -2.08. The summed E-state index contributed by atoms with van der Waals surface area (Å²) in [6.07, 6.45) is 1.23. The van der Waals surface area contributed by atoms with Crippen LogP contribution in [-0.2, 0) is 4.79 Å². The summed E-state index contributed by atoms with van der Waals surface area (Å²) in [5.74, 6) is -2.13. The van der Waals surface area contributed by atoms with Gasteiger partial charge in [-0.25, -0.2) is 8.78 Å². The molecule has 126 valence electrons. The predicted octanol–water partition coefficient (Wildman–Crippen LogP) is 3.78. The van der Waals surface area contributed by atoms with Gasteiger partial charge in [-0.15, -0.1) is 0 Å². The van der Waals surface area contributed by atoms with Gasteiger partial charge in [0.05, 0.1) is 12.3 Å². The molecule has 0 aliphatic carbocycles. The highest BCUT2D eigenvalue weighted by atomic mass is 19.1. The maximum atomic E-state index is 13.8. The number of aliphatic imine (C=N–C) groups is 1. The van der Waals surface area contributed by atoms with E-state index in [1.165, 1.54) is 13.1 Å². The van der Waals surface area contributed by atoms with Crippen molar-refractivity contribution in [1.82, 2.24) is 0 Å². The number of halogens is 2. The Kier molecular flexibility index (Phi) is 5.47. The Morgan fingerprint density at radius 3 is 2.75 bits per heavy atom. The molecule has 2 N–H and O–H groups in total. The summed E-state index contributed by atoms with van der Waals surface area (Å²) in [6, 6.07) is 6.51. The molecular weight excluding hydrogens is 318 g/mol. The van der Waals surface area contributed by atoms with Gasteiger partial charge < -0.3 is 15.2 Å². The van der Waals surface area contributed by atoms with Crippen LogP contribution in [0, 0.1) is 11.6 Å². The van der Waals surface area contributed by atoms with E-state index in [4.69, 9.17) is 4.74 Å². The number of para-hydroxylation sites is 1. The first-order valence-corrected chi connectivity index (χ1v) is 7.17. The Morgan fingerprint density at radius 1 is 1.33 bits per heavy atom. The van der Waals surface area contributed by atoms with Crippen LogP contribution in [0.25, 0.3) is 0 Å². The van der Waals surface area contributed by atoms with Gasteiger partial charge in [0, 0.05) is 24.8 Å². The third-order valence-electron chi connectivity index (χ3n) is 3.02. The number of hydrogen-bond donors (Lipinski definition) is 2. The van der Waals surface area contributed by atoms with Gasteiger partial charge in [-0.2, -0.15) is 0 Å². The molecule has 5 nitrogen and oxygen atoms in total. The zero-order valence-electron chi connectivity index (χ0n) is 13.1. The molecule has 0 spiro atoms. The summed E-state index contributed by atoms with van der Waals surface area (Å²) in [5.41, 5.74) is -0.0459. The number of anilines is 1. The fourth-order valence-corrected chi connectivity index (χ4v) is 1.98. The van der Waals surface area contributed by atoms with Crippen molar-refractivity contribution >= 4 is 23.5 Å². The van der Waals surface area contributed by atoms with Crippen LogP contribution in [0.2, 0.25) is 0 Å². The molecule has 1 amide bonds. The second-order valence-corrected chi connectivity index (χ2v) is 4.85. The van der Waals surface area contributed by atoms with Gasteiger partial charge in [-0.1, -0.05) is 6.07 Å². The van der Waals surface area contributed by atoms with E-state index in [1.54, 1.807) is 25.1 Å². The van der Waals surface area contributed by atoms with Gasteiger partial charge in [0.15, 0.2) is 17.3 Å². The van der Waals surface area contributed by atoms with Crippen LogP contribution in [0.3, 0.4) is 0 Å². The first kappa shape index (κ1) is 17.4. The van der Waals surface area contributed by atoms with Gasteiger partial charge in [-0.05, 0) is 25.1 Å². The fourth-order valence-electron chi connectivity index (χ4n) is 1.98. The van der Waals surface area contributed by atoms with Crippen LogP contribution in [0.15, 0.2) is 35.3 Å². The molecule has 0 heterocycles. The minimum atomic E-state index is -0.900. The minimum Gasteiger partial charge on any atom is -0.504 e. The smallest absolute Gasteiger partial charge is 0.221 e. The van der Waals surface area contributed by atoms with E-state index in [0.717, 1.165) is 6.07 Å². The van der Waals surface area contributed by atoms with Crippen molar-refractivity contribution in [2.75, 3.05) is 11.9 Å². The largest absolute Gasteiger partial charge is 0.504 e. The Bertz CT molecular complexity index is 792. The Morgan fingerprint density at radius 2 is 2.08 bits per heavy atom. The topological polar surface area (TPSA) is 70.9 Å².